The van der Waals surface area contributed by atoms with Gasteiger partial charge >= 0.3 is 5.97 Å². The van der Waals surface area contributed by atoms with Crippen LogP contribution in [-0.2, 0) is 4.79 Å². The average Bonchev–Trinajstić information content (AvgIpc) is 2.48. The molecule has 0 aromatic heterocycles. The smallest absolute Gasteiger partial charge is 0.309 e. The fraction of sp³-hybridized carbons (Fsp3) is 0.941. The zero-order valence-electron chi connectivity index (χ0n) is 13.2. The van der Waals surface area contributed by atoms with E-state index >= 15 is 0 Å². The molecule has 0 atom stereocenters. The van der Waals surface area contributed by atoms with Gasteiger partial charge in [-0.2, -0.15) is 0 Å². The zero-order chi connectivity index (χ0) is 14.6. The molecule has 2 aliphatic rings. The summed E-state index contributed by atoms with van der Waals surface area (Å²) in [6.45, 7) is 6.29. The average molecular weight is 281 g/mol. The van der Waals surface area contributed by atoms with Crippen molar-refractivity contribution in [1.82, 2.24) is 4.90 Å². The van der Waals surface area contributed by atoms with Gasteiger partial charge in [0.15, 0.2) is 0 Å². The summed E-state index contributed by atoms with van der Waals surface area (Å²) in [6.07, 6.45) is 10.6. The lowest BCUT2D eigenvalue weighted by Gasteiger charge is -2.44. The van der Waals surface area contributed by atoms with Crippen LogP contribution in [-0.4, -0.2) is 35.1 Å². The van der Waals surface area contributed by atoms with Crippen molar-refractivity contribution < 1.29 is 9.90 Å². The summed E-state index contributed by atoms with van der Waals surface area (Å²) in [5, 5.41) is 9.46. The number of hydrogen-bond acceptors (Lipinski definition) is 2. The van der Waals surface area contributed by atoms with Crippen LogP contribution in [0.25, 0.3) is 0 Å². The Morgan fingerprint density at radius 3 is 2.20 bits per heavy atom. The Bertz CT molecular complexity index is 313. The first-order valence-corrected chi connectivity index (χ1v) is 8.58. The molecule has 1 N–H and O–H groups in total. The summed E-state index contributed by atoms with van der Waals surface area (Å²) in [5.41, 5.74) is -0.435. The first-order valence-electron chi connectivity index (χ1n) is 8.58. The molecule has 2 rings (SSSR count). The molecule has 3 nitrogen and oxygen atoms in total. The van der Waals surface area contributed by atoms with Gasteiger partial charge in [0.2, 0.25) is 0 Å². The van der Waals surface area contributed by atoms with Gasteiger partial charge in [0, 0.05) is 6.04 Å². The minimum Gasteiger partial charge on any atom is -0.481 e. The maximum atomic E-state index is 11.5. The first kappa shape index (κ1) is 15.8. The first-order chi connectivity index (χ1) is 9.61. The maximum Gasteiger partial charge on any atom is 0.309 e. The number of carbonyl (C=O) groups is 1. The van der Waals surface area contributed by atoms with Crippen LogP contribution in [0.1, 0.15) is 71.6 Å². The maximum absolute atomic E-state index is 11.5. The van der Waals surface area contributed by atoms with Crippen LogP contribution >= 0.6 is 0 Å². The highest BCUT2D eigenvalue weighted by Gasteiger charge is 2.41. The summed E-state index contributed by atoms with van der Waals surface area (Å²) in [7, 11) is 0. The lowest BCUT2D eigenvalue weighted by atomic mass is 9.75. The van der Waals surface area contributed by atoms with Crippen molar-refractivity contribution in [3.8, 4) is 0 Å². The second-order valence-electron chi connectivity index (χ2n) is 6.94. The Hall–Kier alpha value is -0.570. The van der Waals surface area contributed by atoms with E-state index in [-0.39, 0.29) is 0 Å². The van der Waals surface area contributed by atoms with Crippen molar-refractivity contribution in [2.45, 2.75) is 77.7 Å². The minimum atomic E-state index is -0.577. The molecule has 116 valence electrons. The molecule has 0 bridgehead atoms. The SMILES string of the molecule is CCCC1CCC(N2CCC(CC)(C(=O)O)CC2)CC1. The summed E-state index contributed by atoms with van der Waals surface area (Å²) < 4.78 is 0. The molecule has 1 aliphatic heterocycles. The lowest BCUT2D eigenvalue weighted by molar-refractivity contribution is -0.152. The van der Waals surface area contributed by atoms with Gasteiger partial charge in [0.1, 0.15) is 0 Å². The van der Waals surface area contributed by atoms with Crippen LogP contribution < -0.4 is 0 Å². The Morgan fingerprint density at radius 2 is 1.75 bits per heavy atom. The summed E-state index contributed by atoms with van der Waals surface area (Å²) in [6, 6.07) is 0.728. The highest BCUT2D eigenvalue weighted by Crippen LogP contribution is 2.38. The highest BCUT2D eigenvalue weighted by molar-refractivity contribution is 5.74. The van der Waals surface area contributed by atoms with E-state index in [1.807, 2.05) is 6.92 Å². The number of rotatable bonds is 5. The fourth-order valence-electron chi connectivity index (χ4n) is 4.24. The topological polar surface area (TPSA) is 40.5 Å². The Kier molecular flexibility index (Phi) is 5.48. The van der Waals surface area contributed by atoms with E-state index in [0.717, 1.165) is 44.3 Å². The van der Waals surface area contributed by atoms with Gasteiger partial charge in [-0.1, -0.05) is 26.7 Å². The van der Waals surface area contributed by atoms with Crippen LogP contribution in [0.15, 0.2) is 0 Å². The molecule has 0 amide bonds. The van der Waals surface area contributed by atoms with E-state index in [0.29, 0.717) is 0 Å². The van der Waals surface area contributed by atoms with Gasteiger partial charge in [-0.15, -0.1) is 0 Å². The van der Waals surface area contributed by atoms with Crippen LogP contribution in [0, 0.1) is 11.3 Å². The number of aliphatic carboxylic acids is 1. The van der Waals surface area contributed by atoms with Gasteiger partial charge in [-0.05, 0) is 64.0 Å². The number of carboxylic acid groups (broad SMARTS) is 1. The lowest BCUT2D eigenvalue weighted by Crippen LogP contribution is -2.48. The van der Waals surface area contributed by atoms with Crippen molar-refractivity contribution in [1.29, 1.82) is 0 Å². The number of piperidine rings is 1. The molecule has 2 fully saturated rings. The molecule has 3 heteroatoms. The monoisotopic (exact) mass is 281 g/mol. The van der Waals surface area contributed by atoms with Gasteiger partial charge in [-0.3, -0.25) is 4.79 Å². The van der Waals surface area contributed by atoms with Crippen molar-refractivity contribution in [2.24, 2.45) is 11.3 Å². The number of likely N-dealkylation sites (tertiary alicyclic amines) is 1. The van der Waals surface area contributed by atoms with E-state index in [9.17, 15) is 9.90 Å². The standard InChI is InChI=1S/C17H31NO2/c1-3-5-14-6-8-15(9-7-14)18-12-10-17(4-2,11-13-18)16(19)20/h14-15H,3-13H2,1-2H3,(H,19,20). The Morgan fingerprint density at radius 1 is 1.15 bits per heavy atom. The molecule has 1 saturated carbocycles. The molecule has 0 radical (unpaired) electrons. The third kappa shape index (κ3) is 3.36. The Labute approximate surface area is 123 Å². The van der Waals surface area contributed by atoms with Gasteiger partial charge in [0.25, 0.3) is 0 Å². The summed E-state index contributed by atoms with van der Waals surface area (Å²) >= 11 is 0. The molecular formula is C17H31NO2. The molecule has 0 spiro atoms. The minimum absolute atomic E-state index is 0.435. The number of nitrogens with zero attached hydrogens (tertiary/aromatic N) is 1. The van der Waals surface area contributed by atoms with Gasteiger partial charge in [0.05, 0.1) is 5.41 Å². The van der Waals surface area contributed by atoms with E-state index in [1.54, 1.807) is 0 Å². The molecule has 1 saturated heterocycles. The van der Waals surface area contributed by atoms with Gasteiger partial charge in [-0.25, -0.2) is 0 Å². The molecular weight excluding hydrogens is 250 g/mol. The second kappa shape index (κ2) is 6.93. The predicted octanol–water partition coefficient (Wildman–Crippen LogP) is 3.92. The molecule has 0 aromatic carbocycles. The van der Waals surface area contributed by atoms with Crippen LogP contribution in [0.5, 0.6) is 0 Å². The van der Waals surface area contributed by atoms with Crippen molar-refractivity contribution in [3.63, 3.8) is 0 Å². The van der Waals surface area contributed by atoms with Crippen molar-refractivity contribution in [2.75, 3.05) is 13.1 Å². The second-order valence-corrected chi connectivity index (χ2v) is 6.94. The van der Waals surface area contributed by atoms with Crippen LogP contribution in [0.2, 0.25) is 0 Å². The van der Waals surface area contributed by atoms with Crippen LogP contribution in [0.4, 0.5) is 0 Å². The normalized spacial score (nSPS) is 31.1. The van der Waals surface area contributed by atoms with E-state index in [4.69, 9.17) is 0 Å². The van der Waals surface area contributed by atoms with Gasteiger partial charge < -0.3 is 10.0 Å². The molecule has 1 aliphatic carbocycles. The number of carboxylic acids is 1. The molecule has 0 aromatic rings. The third-order valence-corrected chi connectivity index (χ3v) is 5.92. The van der Waals surface area contributed by atoms with E-state index in [2.05, 4.69) is 11.8 Å². The summed E-state index contributed by atoms with van der Waals surface area (Å²) in [5.74, 6) is 0.376. The third-order valence-electron chi connectivity index (χ3n) is 5.92. The molecule has 20 heavy (non-hydrogen) atoms. The quantitative estimate of drug-likeness (QED) is 0.830. The predicted molar refractivity (Wildman–Crippen MR) is 81.8 cm³/mol. The zero-order valence-corrected chi connectivity index (χ0v) is 13.2. The molecule has 0 unspecified atom stereocenters. The highest BCUT2D eigenvalue weighted by atomic mass is 16.4. The van der Waals surface area contributed by atoms with Crippen molar-refractivity contribution in [3.05, 3.63) is 0 Å². The van der Waals surface area contributed by atoms with Crippen LogP contribution in [0.3, 0.4) is 0 Å². The van der Waals surface area contributed by atoms with Crippen molar-refractivity contribution >= 4 is 5.97 Å². The van der Waals surface area contributed by atoms with E-state index in [1.165, 1.54) is 38.5 Å². The largest absolute Gasteiger partial charge is 0.481 e. The fourth-order valence-corrected chi connectivity index (χ4v) is 4.24. The Balaban J connectivity index is 1.81. The number of hydrogen-bond donors (Lipinski definition) is 1. The molecule has 1 heterocycles. The summed E-state index contributed by atoms with van der Waals surface area (Å²) in [4.78, 5) is 14.1. The van der Waals surface area contributed by atoms with E-state index < -0.39 is 11.4 Å².